The first kappa shape index (κ1) is 12.4. The zero-order valence-corrected chi connectivity index (χ0v) is 10.8. The molecule has 0 saturated carbocycles. The van der Waals surface area contributed by atoms with Gasteiger partial charge in [-0.05, 0) is 44.2 Å². The molecular weight excluding hydrogens is 236 g/mol. The number of hydrogen-bond acceptors (Lipinski definition) is 3. The van der Waals surface area contributed by atoms with E-state index in [0.717, 1.165) is 23.7 Å². The molecule has 0 spiro atoms. The molecule has 92 valence electrons. The Morgan fingerprint density at radius 3 is 3.06 bits per heavy atom. The number of fused-ring (bicyclic) bond motifs is 1. The third-order valence-electron chi connectivity index (χ3n) is 3.35. The molecule has 0 radical (unpaired) electrons. The molecule has 3 nitrogen and oxygen atoms in total. The first-order chi connectivity index (χ1) is 8.11. The van der Waals surface area contributed by atoms with Gasteiger partial charge in [0.1, 0.15) is 5.78 Å². The lowest BCUT2D eigenvalue weighted by Crippen LogP contribution is -2.34. The molecule has 0 amide bonds. The van der Waals surface area contributed by atoms with Gasteiger partial charge in [0.25, 0.3) is 0 Å². The van der Waals surface area contributed by atoms with Crippen molar-refractivity contribution in [2.45, 2.75) is 25.3 Å². The molecule has 2 atom stereocenters. The minimum Gasteiger partial charge on any atom is -0.384 e. The molecule has 0 aliphatic carbocycles. The minimum absolute atomic E-state index is 0.0771. The van der Waals surface area contributed by atoms with E-state index in [1.54, 1.807) is 6.92 Å². The lowest BCUT2D eigenvalue weighted by Gasteiger charge is -2.17. The number of ketones is 1. The molecular formula is C13H17ClN2O. The standard InChI is InChI=1S/C13H17ClN2O/c1-8(17)13(15-2)5-9-7-16-12-4-3-10(14)6-11(9)12/h3-4,6,9,13,15-16H,5,7H2,1-2H3. The molecule has 1 aromatic rings. The van der Waals surface area contributed by atoms with Crippen molar-refractivity contribution < 1.29 is 4.79 Å². The predicted octanol–water partition coefficient (Wildman–Crippen LogP) is 2.42. The molecule has 0 saturated heterocycles. The van der Waals surface area contributed by atoms with Crippen LogP contribution < -0.4 is 10.6 Å². The summed E-state index contributed by atoms with van der Waals surface area (Å²) in [4.78, 5) is 11.4. The Hall–Kier alpha value is -1.06. The molecule has 0 bridgehead atoms. The maximum absolute atomic E-state index is 11.4. The van der Waals surface area contributed by atoms with E-state index in [0.29, 0.717) is 5.92 Å². The summed E-state index contributed by atoms with van der Waals surface area (Å²) in [5.74, 6) is 0.535. The number of carbonyl (C=O) groups is 1. The topological polar surface area (TPSA) is 41.1 Å². The third kappa shape index (κ3) is 2.61. The van der Waals surface area contributed by atoms with Crippen molar-refractivity contribution >= 4 is 23.1 Å². The predicted molar refractivity (Wildman–Crippen MR) is 70.8 cm³/mol. The van der Waals surface area contributed by atoms with Gasteiger partial charge in [-0.15, -0.1) is 0 Å². The molecule has 4 heteroatoms. The molecule has 0 fully saturated rings. The molecule has 1 aliphatic heterocycles. The van der Waals surface area contributed by atoms with E-state index in [2.05, 4.69) is 10.6 Å². The number of benzene rings is 1. The van der Waals surface area contributed by atoms with E-state index in [1.807, 2.05) is 25.2 Å². The maximum atomic E-state index is 11.4. The molecule has 1 aliphatic rings. The first-order valence-electron chi connectivity index (χ1n) is 5.83. The van der Waals surface area contributed by atoms with Crippen LogP contribution in [0, 0.1) is 0 Å². The molecule has 2 unspecified atom stereocenters. The minimum atomic E-state index is -0.0771. The quantitative estimate of drug-likeness (QED) is 0.865. The Balaban J connectivity index is 2.16. The fourth-order valence-corrected chi connectivity index (χ4v) is 2.54. The Kier molecular flexibility index (Phi) is 3.69. The van der Waals surface area contributed by atoms with Crippen LogP contribution in [-0.2, 0) is 4.79 Å². The van der Waals surface area contributed by atoms with Gasteiger partial charge in [-0.1, -0.05) is 11.6 Å². The fourth-order valence-electron chi connectivity index (χ4n) is 2.36. The number of anilines is 1. The first-order valence-corrected chi connectivity index (χ1v) is 6.20. The van der Waals surface area contributed by atoms with E-state index >= 15 is 0 Å². The summed E-state index contributed by atoms with van der Waals surface area (Å²) in [6.45, 7) is 2.50. The van der Waals surface area contributed by atoms with E-state index < -0.39 is 0 Å². The van der Waals surface area contributed by atoms with E-state index in [-0.39, 0.29) is 11.8 Å². The number of Topliss-reactive ketones (excluding diaryl/α,β-unsaturated/α-hetero) is 1. The average Bonchev–Trinajstić information content (AvgIpc) is 2.68. The Labute approximate surface area is 107 Å². The van der Waals surface area contributed by atoms with Gasteiger partial charge in [-0.2, -0.15) is 0 Å². The molecule has 0 aromatic heterocycles. The summed E-state index contributed by atoms with van der Waals surface area (Å²) in [6.07, 6.45) is 0.812. The number of likely N-dealkylation sites (N-methyl/N-ethyl adjacent to an activating group) is 1. The van der Waals surface area contributed by atoms with Crippen LogP contribution in [0.1, 0.15) is 24.8 Å². The second-order valence-electron chi connectivity index (χ2n) is 4.50. The van der Waals surface area contributed by atoms with Gasteiger partial charge >= 0.3 is 0 Å². The lowest BCUT2D eigenvalue weighted by molar-refractivity contribution is -0.119. The molecule has 2 rings (SSSR count). The van der Waals surface area contributed by atoms with E-state index in [9.17, 15) is 4.79 Å². The van der Waals surface area contributed by atoms with Crippen LogP contribution in [0.5, 0.6) is 0 Å². The highest BCUT2D eigenvalue weighted by Crippen LogP contribution is 2.36. The summed E-state index contributed by atoms with van der Waals surface area (Å²) in [7, 11) is 1.83. The molecule has 2 N–H and O–H groups in total. The highest BCUT2D eigenvalue weighted by Gasteiger charge is 2.26. The van der Waals surface area contributed by atoms with Gasteiger partial charge in [0.05, 0.1) is 6.04 Å². The third-order valence-corrected chi connectivity index (χ3v) is 3.59. The van der Waals surface area contributed by atoms with Gasteiger partial charge in [0, 0.05) is 23.2 Å². The van der Waals surface area contributed by atoms with E-state index in [1.165, 1.54) is 5.56 Å². The number of hydrogen-bond donors (Lipinski definition) is 2. The van der Waals surface area contributed by atoms with Crippen LogP contribution >= 0.6 is 11.6 Å². The SMILES string of the molecule is CNC(CC1CNc2ccc(Cl)cc21)C(C)=O. The summed E-state index contributed by atoms with van der Waals surface area (Å²) in [5, 5.41) is 7.16. The summed E-state index contributed by atoms with van der Waals surface area (Å²) < 4.78 is 0. The summed E-state index contributed by atoms with van der Waals surface area (Å²) >= 11 is 6.01. The van der Waals surface area contributed by atoms with Gasteiger partial charge in [-0.25, -0.2) is 0 Å². The number of carbonyl (C=O) groups excluding carboxylic acids is 1. The van der Waals surface area contributed by atoms with Gasteiger partial charge < -0.3 is 10.6 Å². The van der Waals surface area contributed by atoms with Crippen molar-refractivity contribution in [3.63, 3.8) is 0 Å². The number of halogens is 1. The van der Waals surface area contributed by atoms with Crippen LogP contribution in [0.2, 0.25) is 5.02 Å². The fraction of sp³-hybridized carbons (Fsp3) is 0.462. The van der Waals surface area contributed by atoms with Crippen LogP contribution in [0.15, 0.2) is 18.2 Å². The number of rotatable bonds is 4. The van der Waals surface area contributed by atoms with Crippen LogP contribution in [-0.4, -0.2) is 25.4 Å². The average molecular weight is 253 g/mol. The van der Waals surface area contributed by atoms with Gasteiger partial charge in [0.15, 0.2) is 0 Å². The van der Waals surface area contributed by atoms with Gasteiger partial charge in [0.2, 0.25) is 0 Å². The van der Waals surface area contributed by atoms with Gasteiger partial charge in [-0.3, -0.25) is 4.79 Å². The second kappa shape index (κ2) is 5.07. The molecule has 1 aromatic carbocycles. The zero-order valence-electron chi connectivity index (χ0n) is 10.1. The largest absolute Gasteiger partial charge is 0.384 e. The van der Waals surface area contributed by atoms with E-state index in [4.69, 9.17) is 11.6 Å². The Morgan fingerprint density at radius 2 is 2.41 bits per heavy atom. The van der Waals surface area contributed by atoms with Crippen LogP contribution in [0.3, 0.4) is 0 Å². The van der Waals surface area contributed by atoms with Crippen molar-refractivity contribution in [1.29, 1.82) is 0 Å². The molecule has 1 heterocycles. The number of nitrogens with one attached hydrogen (secondary N) is 2. The Morgan fingerprint density at radius 1 is 1.65 bits per heavy atom. The normalized spacial score (nSPS) is 19.6. The summed E-state index contributed by atoms with van der Waals surface area (Å²) in [5.41, 5.74) is 2.36. The van der Waals surface area contributed by atoms with Crippen molar-refractivity contribution in [3.8, 4) is 0 Å². The smallest absolute Gasteiger partial charge is 0.146 e. The molecule has 17 heavy (non-hydrogen) atoms. The summed E-state index contributed by atoms with van der Waals surface area (Å²) in [6, 6.07) is 5.80. The van der Waals surface area contributed by atoms with Crippen molar-refractivity contribution in [3.05, 3.63) is 28.8 Å². The second-order valence-corrected chi connectivity index (χ2v) is 4.93. The zero-order chi connectivity index (χ0) is 12.4. The van der Waals surface area contributed by atoms with Crippen LogP contribution in [0.4, 0.5) is 5.69 Å². The van der Waals surface area contributed by atoms with Crippen LogP contribution in [0.25, 0.3) is 0 Å². The monoisotopic (exact) mass is 252 g/mol. The Bertz CT molecular complexity index is 433. The maximum Gasteiger partial charge on any atom is 0.146 e. The highest BCUT2D eigenvalue weighted by atomic mass is 35.5. The highest BCUT2D eigenvalue weighted by molar-refractivity contribution is 6.30. The lowest BCUT2D eigenvalue weighted by atomic mass is 9.92. The van der Waals surface area contributed by atoms with Crippen molar-refractivity contribution in [2.75, 3.05) is 18.9 Å². The van der Waals surface area contributed by atoms with Crippen molar-refractivity contribution in [2.24, 2.45) is 0 Å². The van der Waals surface area contributed by atoms with Crippen molar-refractivity contribution in [1.82, 2.24) is 5.32 Å².